The van der Waals surface area contributed by atoms with Gasteiger partial charge in [-0.15, -0.1) is 46.4 Å². The van der Waals surface area contributed by atoms with Crippen LogP contribution in [0.3, 0.4) is 0 Å². The van der Waals surface area contributed by atoms with Gasteiger partial charge >= 0.3 is 23.1 Å². The van der Waals surface area contributed by atoms with Crippen LogP contribution in [-0.2, 0) is 0 Å². The molecule has 28 valence electrons. The van der Waals surface area contributed by atoms with Crippen LogP contribution in [0.1, 0.15) is 2.85 Å². The quantitative estimate of drug-likeness (QED) is 0.546. The first-order valence-corrected chi connectivity index (χ1v) is 0. The fraction of sp³-hybridized carbons (Fsp3) is 0. The zero-order valence-corrected chi connectivity index (χ0v) is 7.59. The fourth-order valence-corrected chi connectivity index (χ4v) is 0. The molecular weight excluding hydrogens is 220 g/mol. The van der Waals surface area contributed by atoms with E-state index in [0.29, 0.717) is 0 Å². The first-order valence-electron chi connectivity index (χ1n) is 0. The summed E-state index contributed by atoms with van der Waals surface area (Å²) in [6.07, 6.45) is 0. The van der Waals surface area contributed by atoms with Crippen molar-refractivity contribution in [2.45, 2.75) is 0 Å². The standard InChI is InChI=1S/2BrH.ClH.Mg.2H/h3*1H;;;/q;;;+2;2*-1. The molecular formula is H5Br2ClMg. The third-order valence-corrected chi connectivity index (χ3v) is 0. The van der Waals surface area contributed by atoms with Crippen molar-refractivity contribution in [1.29, 1.82) is 0 Å². The molecule has 0 fully saturated rings. The molecule has 4 heavy (non-hydrogen) atoms. The van der Waals surface area contributed by atoms with E-state index in [9.17, 15) is 0 Å². The zero-order chi connectivity index (χ0) is 0. The van der Waals surface area contributed by atoms with E-state index in [2.05, 4.69) is 0 Å². The van der Waals surface area contributed by atoms with Crippen LogP contribution in [0.2, 0.25) is 0 Å². The average Bonchev–Trinajstić information content (AvgIpc) is 0. The minimum Gasteiger partial charge on any atom is -1.00 e. The van der Waals surface area contributed by atoms with E-state index in [0.717, 1.165) is 0 Å². The normalized spacial score (nSPS) is 0. The molecule has 0 bridgehead atoms. The van der Waals surface area contributed by atoms with Crippen molar-refractivity contribution in [3.8, 4) is 0 Å². The minimum atomic E-state index is 0. The molecule has 0 atom stereocenters. The van der Waals surface area contributed by atoms with Crippen LogP contribution < -0.4 is 0 Å². The molecule has 0 saturated carbocycles. The smallest absolute Gasteiger partial charge is 1.00 e. The second kappa shape index (κ2) is 19.9. The van der Waals surface area contributed by atoms with Gasteiger partial charge in [-0.3, -0.25) is 0 Å². The van der Waals surface area contributed by atoms with Gasteiger partial charge in [0.25, 0.3) is 0 Å². The summed E-state index contributed by atoms with van der Waals surface area (Å²) in [7, 11) is 0. The summed E-state index contributed by atoms with van der Waals surface area (Å²) in [4.78, 5) is 0. The van der Waals surface area contributed by atoms with Gasteiger partial charge in [0.05, 0.1) is 0 Å². The van der Waals surface area contributed by atoms with Crippen molar-refractivity contribution in [2.24, 2.45) is 0 Å². The molecule has 0 saturated heterocycles. The Morgan fingerprint density at radius 3 is 1.00 bits per heavy atom. The van der Waals surface area contributed by atoms with Crippen molar-refractivity contribution in [3.05, 3.63) is 0 Å². The molecule has 0 rings (SSSR count). The van der Waals surface area contributed by atoms with Gasteiger partial charge in [0.1, 0.15) is 0 Å². The monoisotopic (exact) mass is 222 g/mol. The van der Waals surface area contributed by atoms with Crippen LogP contribution in [0.4, 0.5) is 0 Å². The third-order valence-electron chi connectivity index (χ3n) is 0. The van der Waals surface area contributed by atoms with Gasteiger partial charge in [-0.2, -0.15) is 0 Å². The maximum absolute atomic E-state index is 0. The summed E-state index contributed by atoms with van der Waals surface area (Å²) in [5.41, 5.74) is 0. The number of hydrogen-bond donors (Lipinski definition) is 0. The largest absolute Gasteiger partial charge is 2.00 e. The van der Waals surface area contributed by atoms with E-state index in [1.165, 1.54) is 0 Å². The van der Waals surface area contributed by atoms with Gasteiger partial charge in [0.15, 0.2) is 0 Å². The van der Waals surface area contributed by atoms with Crippen molar-refractivity contribution in [2.75, 3.05) is 0 Å². The molecule has 0 aromatic rings. The summed E-state index contributed by atoms with van der Waals surface area (Å²) < 4.78 is 0. The van der Waals surface area contributed by atoms with Crippen molar-refractivity contribution < 1.29 is 2.85 Å². The van der Waals surface area contributed by atoms with Gasteiger partial charge in [-0.1, -0.05) is 0 Å². The second-order valence-electron chi connectivity index (χ2n) is 0. The Bertz CT molecular complexity index is 11.5. The van der Waals surface area contributed by atoms with Gasteiger partial charge in [-0.25, -0.2) is 0 Å². The molecule has 0 nitrogen and oxygen atoms in total. The maximum atomic E-state index is 0. The van der Waals surface area contributed by atoms with Gasteiger partial charge in [0, 0.05) is 0 Å². The molecule has 0 unspecified atom stereocenters. The first-order chi connectivity index (χ1) is 0. The van der Waals surface area contributed by atoms with E-state index >= 15 is 0 Å². The molecule has 0 radical (unpaired) electrons. The molecule has 0 N–H and O–H groups in total. The molecule has 0 aliphatic heterocycles. The predicted octanol–water partition coefficient (Wildman–Crippen LogP) is 1.42. The van der Waals surface area contributed by atoms with Crippen LogP contribution in [0.5, 0.6) is 0 Å². The summed E-state index contributed by atoms with van der Waals surface area (Å²) >= 11 is 0. The van der Waals surface area contributed by atoms with Crippen LogP contribution >= 0.6 is 46.4 Å². The second-order valence-corrected chi connectivity index (χ2v) is 0. The Hall–Kier alpha value is 2.02. The molecule has 0 amide bonds. The van der Waals surface area contributed by atoms with Crippen LogP contribution in [0.25, 0.3) is 0 Å². The van der Waals surface area contributed by atoms with Gasteiger partial charge < -0.3 is 2.85 Å². The summed E-state index contributed by atoms with van der Waals surface area (Å²) in [5.74, 6) is 0. The molecule has 0 aliphatic carbocycles. The summed E-state index contributed by atoms with van der Waals surface area (Å²) in [5, 5.41) is 0. The number of hydrogen-bond acceptors (Lipinski definition) is 0. The topological polar surface area (TPSA) is 0 Å². The first kappa shape index (κ1) is 37.2. The summed E-state index contributed by atoms with van der Waals surface area (Å²) in [6.45, 7) is 0. The molecule has 0 heterocycles. The average molecular weight is 225 g/mol. The minimum absolute atomic E-state index is 0. The Morgan fingerprint density at radius 1 is 1.00 bits per heavy atom. The van der Waals surface area contributed by atoms with Gasteiger partial charge in [-0.05, 0) is 0 Å². The van der Waals surface area contributed by atoms with Crippen molar-refractivity contribution >= 4 is 69.4 Å². The number of halogens is 3. The zero-order valence-electron chi connectivity index (χ0n) is 3.93. The summed E-state index contributed by atoms with van der Waals surface area (Å²) in [6, 6.07) is 0. The van der Waals surface area contributed by atoms with E-state index in [4.69, 9.17) is 0 Å². The van der Waals surface area contributed by atoms with E-state index < -0.39 is 0 Å². The molecule has 0 aromatic carbocycles. The predicted molar refractivity (Wildman–Crippen MR) is 35.9 cm³/mol. The van der Waals surface area contributed by atoms with E-state index in [1.807, 2.05) is 0 Å². The van der Waals surface area contributed by atoms with Crippen LogP contribution in [0.15, 0.2) is 0 Å². The fourth-order valence-electron chi connectivity index (χ4n) is 0. The third kappa shape index (κ3) is 8.99. The Labute approximate surface area is 71.8 Å². The van der Waals surface area contributed by atoms with Crippen molar-refractivity contribution in [1.82, 2.24) is 0 Å². The van der Waals surface area contributed by atoms with Crippen molar-refractivity contribution in [3.63, 3.8) is 0 Å². The Morgan fingerprint density at radius 2 is 1.00 bits per heavy atom. The Balaban J connectivity index is 0. The molecule has 0 aliphatic rings. The molecule has 4 heteroatoms. The van der Waals surface area contributed by atoms with Crippen LogP contribution in [0, 0.1) is 0 Å². The molecule has 0 spiro atoms. The molecule has 0 aromatic heterocycles. The van der Waals surface area contributed by atoms with E-state index in [-0.39, 0.29) is 72.3 Å². The maximum Gasteiger partial charge on any atom is 2.00 e. The number of rotatable bonds is 0. The SMILES string of the molecule is Br.Br.Cl.[H-].[H-].[Mg+2]. The van der Waals surface area contributed by atoms with Gasteiger partial charge in [0.2, 0.25) is 0 Å². The van der Waals surface area contributed by atoms with Crippen LogP contribution in [-0.4, -0.2) is 23.1 Å². The Kier molecular flexibility index (Phi) is 185. The van der Waals surface area contributed by atoms with E-state index in [1.54, 1.807) is 0 Å².